The molecule has 0 bridgehead atoms. The third-order valence-corrected chi connectivity index (χ3v) is 5.37. The molecule has 9 nitrogen and oxygen atoms in total. The van der Waals surface area contributed by atoms with Crippen LogP contribution < -0.4 is 16.0 Å². The molecule has 3 N–H and O–H groups in total. The van der Waals surface area contributed by atoms with Crippen LogP contribution in [-0.4, -0.2) is 59.0 Å². The summed E-state index contributed by atoms with van der Waals surface area (Å²) in [5.41, 5.74) is 1.01. The smallest absolute Gasteiger partial charge is 0.373 e. The maximum atomic E-state index is 13.5. The van der Waals surface area contributed by atoms with Gasteiger partial charge in [0.15, 0.2) is 0 Å². The number of ether oxygens (including phenoxy) is 1. The van der Waals surface area contributed by atoms with Crippen LogP contribution >= 0.6 is 0 Å². The van der Waals surface area contributed by atoms with Crippen LogP contribution in [0.25, 0.3) is 0 Å². The summed E-state index contributed by atoms with van der Waals surface area (Å²) >= 11 is 0. The van der Waals surface area contributed by atoms with Crippen molar-refractivity contribution < 1.29 is 27.5 Å². The second-order valence-corrected chi connectivity index (χ2v) is 7.74. The molecule has 1 atom stereocenters. The number of alkyl halides is 3. The van der Waals surface area contributed by atoms with Crippen molar-refractivity contribution in [2.75, 3.05) is 42.2 Å². The van der Waals surface area contributed by atoms with E-state index in [2.05, 4.69) is 25.9 Å². The van der Waals surface area contributed by atoms with Crippen molar-refractivity contribution in [3.8, 4) is 0 Å². The number of benzene rings is 1. The van der Waals surface area contributed by atoms with Crippen LogP contribution in [0.5, 0.6) is 0 Å². The number of halogens is 3. The minimum Gasteiger partial charge on any atom is -0.373 e. The molecule has 2 aliphatic rings. The van der Waals surface area contributed by atoms with E-state index in [0.29, 0.717) is 43.7 Å². The van der Waals surface area contributed by atoms with E-state index in [4.69, 9.17) is 4.74 Å². The highest BCUT2D eigenvalue weighted by molar-refractivity contribution is 5.99. The number of nitrogens with zero attached hydrogens (tertiary/aromatic N) is 3. The average Bonchev–Trinajstić information content (AvgIpc) is 3.16. The van der Waals surface area contributed by atoms with E-state index < -0.39 is 17.8 Å². The van der Waals surface area contributed by atoms with Gasteiger partial charge in [0.05, 0.1) is 19.1 Å². The molecule has 2 amide bonds. The highest BCUT2D eigenvalue weighted by atomic mass is 19.4. The van der Waals surface area contributed by atoms with Gasteiger partial charge in [0, 0.05) is 43.6 Å². The van der Waals surface area contributed by atoms with Gasteiger partial charge in [0.2, 0.25) is 17.8 Å². The van der Waals surface area contributed by atoms with Gasteiger partial charge in [0.1, 0.15) is 11.4 Å². The fourth-order valence-corrected chi connectivity index (χ4v) is 3.72. The summed E-state index contributed by atoms with van der Waals surface area (Å²) in [5.74, 6) is -0.571. The summed E-state index contributed by atoms with van der Waals surface area (Å²) in [7, 11) is 0. The molecule has 0 spiro atoms. The van der Waals surface area contributed by atoms with Crippen molar-refractivity contribution in [1.82, 2.24) is 14.9 Å². The third-order valence-electron chi connectivity index (χ3n) is 5.37. The zero-order valence-corrected chi connectivity index (χ0v) is 17.8. The summed E-state index contributed by atoms with van der Waals surface area (Å²) in [6, 6.07) is 5.10. The predicted molar refractivity (Wildman–Crippen MR) is 114 cm³/mol. The van der Waals surface area contributed by atoms with Crippen LogP contribution in [0.1, 0.15) is 24.5 Å². The lowest BCUT2D eigenvalue weighted by molar-refractivity contribution is -0.137. The van der Waals surface area contributed by atoms with E-state index in [1.165, 1.54) is 0 Å². The number of hydrogen-bond acceptors (Lipinski definition) is 7. The number of hydrogen-bond donors (Lipinski definition) is 3. The Balaban J connectivity index is 1.49. The fourth-order valence-electron chi connectivity index (χ4n) is 3.72. The van der Waals surface area contributed by atoms with Crippen LogP contribution in [-0.2, 0) is 26.9 Å². The molecule has 2 aromatic rings. The van der Waals surface area contributed by atoms with Crippen molar-refractivity contribution in [1.29, 1.82) is 0 Å². The van der Waals surface area contributed by atoms with Crippen molar-refractivity contribution in [3.05, 3.63) is 35.5 Å². The van der Waals surface area contributed by atoms with Crippen LogP contribution in [0.15, 0.2) is 24.4 Å². The second-order valence-electron chi connectivity index (χ2n) is 7.74. The highest BCUT2D eigenvalue weighted by Gasteiger charge is 2.36. The lowest BCUT2D eigenvalue weighted by Crippen LogP contribution is -2.47. The Kier molecular flexibility index (Phi) is 6.36. The maximum absolute atomic E-state index is 13.5. The van der Waals surface area contributed by atoms with Crippen LogP contribution in [0.4, 0.5) is 36.3 Å². The first-order valence-corrected chi connectivity index (χ1v) is 10.5. The molecule has 1 saturated heterocycles. The normalized spacial score (nSPS) is 18.0. The summed E-state index contributed by atoms with van der Waals surface area (Å²) in [6.07, 6.45) is -3.83. The van der Waals surface area contributed by atoms with Gasteiger partial charge in [0.25, 0.3) is 0 Å². The number of carbonyl (C=O) groups excluding carboxylic acids is 2. The zero-order valence-electron chi connectivity index (χ0n) is 17.8. The van der Waals surface area contributed by atoms with E-state index in [9.17, 15) is 22.8 Å². The number of morpholine rings is 1. The largest absolute Gasteiger partial charge is 0.421 e. The molecule has 33 heavy (non-hydrogen) atoms. The first-order chi connectivity index (χ1) is 15.7. The standard InChI is InChI=1S/C21H23F3N6O3/c1-2-18(32)30-5-6-33-14(11-30)9-25-19-15(21(22,23)24)10-26-20(29-19)27-13-3-4-16-12(7-13)8-17(31)28-16/h3-4,7,10,14H,2,5-6,8-9,11H2,1H3,(H,28,31)(H2,25,26,27,29). The molecular formula is C21H23F3N6O3. The molecule has 3 heterocycles. The lowest BCUT2D eigenvalue weighted by atomic mass is 10.1. The van der Waals surface area contributed by atoms with E-state index in [1.807, 2.05) is 0 Å². The van der Waals surface area contributed by atoms with Gasteiger partial charge in [-0.1, -0.05) is 6.92 Å². The first-order valence-electron chi connectivity index (χ1n) is 10.5. The number of aromatic nitrogens is 2. The number of fused-ring (bicyclic) bond motifs is 1. The van der Waals surface area contributed by atoms with Crippen molar-refractivity contribution in [3.63, 3.8) is 0 Å². The molecule has 1 unspecified atom stereocenters. The molecule has 4 rings (SSSR count). The van der Waals surface area contributed by atoms with Gasteiger partial charge in [-0.05, 0) is 23.8 Å². The second kappa shape index (κ2) is 9.22. The molecule has 1 fully saturated rings. The number of carbonyl (C=O) groups is 2. The first kappa shape index (κ1) is 22.8. The van der Waals surface area contributed by atoms with Gasteiger partial charge in [-0.2, -0.15) is 18.2 Å². The monoisotopic (exact) mass is 464 g/mol. The van der Waals surface area contributed by atoms with E-state index in [0.717, 1.165) is 5.56 Å². The fraction of sp³-hybridized carbons (Fsp3) is 0.429. The summed E-state index contributed by atoms with van der Waals surface area (Å²) < 4.78 is 46.1. The van der Waals surface area contributed by atoms with Crippen molar-refractivity contribution >= 4 is 35.0 Å². The summed E-state index contributed by atoms with van der Waals surface area (Å²) in [5, 5.41) is 8.31. The molecule has 176 valence electrons. The number of nitrogens with one attached hydrogen (secondary N) is 3. The van der Waals surface area contributed by atoms with Crippen molar-refractivity contribution in [2.45, 2.75) is 32.0 Å². The molecule has 0 aliphatic carbocycles. The summed E-state index contributed by atoms with van der Waals surface area (Å²) in [6.45, 7) is 2.86. The predicted octanol–water partition coefficient (Wildman–Crippen LogP) is 2.78. The number of rotatable bonds is 6. The van der Waals surface area contributed by atoms with E-state index >= 15 is 0 Å². The van der Waals surface area contributed by atoms with E-state index in [-0.39, 0.29) is 36.5 Å². The van der Waals surface area contributed by atoms with Crippen LogP contribution in [0, 0.1) is 0 Å². The van der Waals surface area contributed by atoms with Gasteiger partial charge in [-0.25, -0.2) is 4.98 Å². The summed E-state index contributed by atoms with van der Waals surface area (Å²) in [4.78, 5) is 32.9. The molecular weight excluding hydrogens is 441 g/mol. The Morgan fingerprint density at radius 1 is 1.36 bits per heavy atom. The van der Waals surface area contributed by atoms with Gasteiger partial charge < -0.3 is 25.6 Å². The topological polar surface area (TPSA) is 108 Å². The molecule has 2 aliphatic heterocycles. The Hall–Kier alpha value is -3.41. The number of anilines is 4. The SMILES string of the molecule is CCC(=O)N1CCOC(CNc2nc(Nc3ccc4c(c3)CC(=O)N4)ncc2C(F)(F)F)C1. The quantitative estimate of drug-likeness (QED) is 0.603. The van der Waals surface area contributed by atoms with Gasteiger partial charge in [-0.3, -0.25) is 9.59 Å². The molecule has 0 saturated carbocycles. The Morgan fingerprint density at radius 3 is 2.94 bits per heavy atom. The zero-order chi connectivity index (χ0) is 23.6. The van der Waals surface area contributed by atoms with Gasteiger partial charge in [-0.15, -0.1) is 0 Å². The van der Waals surface area contributed by atoms with Crippen LogP contribution in [0.3, 0.4) is 0 Å². The Morgan fingerprint density at radius 2 is 2.18 bits per heavy atom. The molecule has 0 radical (unpaired) electrons. The highest BCUT2D eigenvalue weighted by Crippen LogP contribution is 2.34. The van der Waals surface area contributed by atoms with Crippen LogP contribution in [0.2, 0.25) is 0 Å². The third kappa shape index (κ3) is 5.33. The average molecular weight is 464 g/mol. The van der Waals surface area contributed by atoms with E-state index in [1.54, 1.807) is 30.0 Å². The molecule has 1 aromatic carbocycles. The van der Waals surface area contributed by atoms with Gasteiger partial charge >= 0.3 is 6.18 Å². The molecule has 12 heteroatoms. The Bertz CT molecular complexity index is 1060. The van der Waals surface area contributed by atoms with Crippen molar-refractivity contribution in [2.24, 2.45) is 0 Å². The minimum absolute atomic E-state index is 0.0287. The minimum atomic E-state index is -4.65. The lowest BCUT2D eigenvalue weighted by Gasteiger charge is -2.33. The Labute approximate surface area is 187 Å². The number of amides is 2. The maximum Gasteiger partial charge on any atom is 0.421 e. The molecule has 1 aromatic heterocycles.